The van der Waals surface area contributed by atoms with E-state index in [0.29, 0.717) is 0 Å². The van der Waals surface area contributed by atoms with Crippen LogP contribution in [-0.4, -0.2) is 34.9 Å². The Bertz CT molecular complexity index is 712. The molecule has 134 valence electrons. The van der Waals surface area contributed by atoms with E-state index in [2.05, 4.69) is 44.9 Å². The molecule has 0 bridgehead atoms. The Balaban J connectivity index is 1.54. The number of aromatic nitrogens is 2. The first-order valence-corrected chi connectivity index (χ1v) is 8.90. The van der Waals surface area contributed by atoms with Gasteiger partial charge in [-0.15, -0.1) is 0 Å². The van der Waals surface area contributed by atoms with Gasteiger partial charge in [0.25, 0.3) is 0 Å². The Morgan fingerprint density at radius 3 is 2.76 bits per heavy atom. The molecule has 6 heteroatoms. The summed E-state index contributed by atoms with van der Waals surface area (Å²) in [6.45, 7) is 5.83. The van der Waals surface area contributed by atoms with E-state index >= 15 is 0 Å². The van der Waals surface area contributed by atoms with Crippen LogP contribution in [-0.2, 0) is 7.05 Å². The maximum absolute atomic E-state index is 12.4. The number of hydrogen-bond acceptors (Lipinski definition) is 3. The number of carbonyl (C=O) groups is 1. The average molecular weight is 341 g/mol. The van der Waals surface area contributed by atoms with Gasteiger partial charge in [0, 0.05) is 43.6 Å². The number of amides is 2. The minimum atomic E-state index is -0.115. The first-order chi connectivity index (χ1) is 12.0. The lowest BCUT2D eigenvalue weighted by atomic mass is 10.0. The standard InChI is InChI=1S/C19H27N5O/c1-14(18-13-23(3)22-15(18)2)20-19(25)21-16-8-7-11-24(12-16)17-9-5-4-6-10-17/h4-6,9-10,13-14,16H,7-8,11-12H2,1-3H3,(H2,20,21,25)/t14-,16-/m1/s1. The van der Waals surface area contributed by atoms with E-state index in [1.165, 1.54) is 5.69 Å². The highest BCUT2D eigenvalue weighted by Crippen LogP contribution is 2.20. The zero-order chi connectivity index (χ0) is 17.8. The number of nitrogens with one attached hydrogen (secondary N) is 2. The summed E-state index contributed by atoms with van der Waals surface area (Å²) in [7, 11) is 1.89. The first-order valence-electron chi connectivity index (χ1n) is 8.90. The summed E-state index contributed by atoms with van der Waals surface area (Å²) < 4.78 is 1.78. The maximum atomic E-state index is 12.4. The zero-order valence-corrected chi connectivity index (χ0v) is 15.2. The second-order valence-electron chi connectivity index (χ2n) is 6.80. The number of rotatable bonds is 4. The van der Waals surface area contributed by atoms with Crippen molar-refractivity contribution in [3.05, 3.63) is 47.8 Å². The minimum absolute atomic E-state index is 0.0671. The van der Waals surface area contributed by atoms with Gasteiger partial charge in [-0.05, 0) is 38.8 Å². The molecule has 2 aromatic rings. The van der Waals surface area contributed by atoms with Gasteiger partial charge < -0.3 is 15.5 Å². The Morgan fingerprint density at radius 1 is 1.32 bits per heavy atom. The molecule has 1 aliphatic rings. The number of piperidine rings is 1. The van der Waals surface area contributed by atoms with Gasteiger partial charge in [0.05, 0.1) is 11.7 Å². The van der Waals surface area contributed by atoms with Gasteiger partial charge >= 0.3 is 6.03 Å². The molecule has 6 nitrogen and oxygen atoms in total. The van der Waals surface area contributed by atoms with Gasteiger partial charge in [0.2, 0.25) is 0 Å². The van der Waals surface area contributed by atoms with Crippen molar-refractivity contribution in [1.29, 1.82) is 0 Å². The van der Waals surface area contributed by atoms with Crippen LogP contribution in [0.25, 0.3) is 0 Å². The molecule has 0 unspecified atom stereocenters. The molecule has 0 aliphatic carbocycles. The van der Waals surface area contributed by atoms with Crippen molar-refractivity contribution in [2.75, 3.05) is 18.0 Å². The van der Waals surface area contributed by atoms with Gasteiger partial charge in [-0.3, -0.25) is 4.68 Å². The molecule has 0 spiro atoms. The Labute approximate surface area is 149 Å². The van der Waals surface area contributed by atoms with Gasteiger partial charge in [-0.1, -0.05) is 18.2 Å². The summed E-state index contributed by atoms with van der Waals surface area (Å²) in [5.74, 6) is 0. The lowest BCUT2D eigenvalue weighted by molar-refractivity contribution is 0.232. The number of carbonyl (C=O) groups excluding carboxylic acids is 1. The third-order valence-corrected chi connectivity index (χ3v) is 4.74. The quantitative estimate of drug-likeness (QED) is 0.899. The number of anilines is 1. The van der Waals surface area contributed by atoms with E-state index in [1.807, 2.05) is 33.2 Å². The SMILES string of the molecule is Cc1nn(C)cc1[C@@H](C)NC(=O)N[C@@H]1CCCN(c2ccccc2)C1. The van der Waals surface area contributed by atoms with Crippen molar-refractivity contribution < 1.29 is 4.79 Å². The fourth-order valence-electron chi connectivity index (χ4n) is 3.51. The fourth-order valence-corrected chi connectivity index (χ4v) is 3.51. The third kappa shape index (κ3) is 4.32. The Kier molecular flexibility index (Phi) is 5.26. The summed E-state index contributed by atoms with van der Waals surface area (Å²) in [4.78, 5) is 14.7. The van der Waals surface area contributed by atoms with Crippen LogP contribution in [0.1, 0.15) is 37.1 Å². The van der Waals surface area contributed by atoms with Gasteiger partial charge in [0.15, 0.2) is 0 Å². The second kappa shape index (κ2) is 7.59. The van der Waals surface area contributed by atoms with Crippen molar-refractivity contribution in [2.24, 2.45) is 7.05 Å². The molecular weight excluding hydrogens is 314 g/mol. The number of urea groups is 1. The number of benzene rings is 1. The smallest absolute Gasteiger partial charge is 0.315 e. The first kappa shape index (κ1) is 17.3. The number of para-hydroxylation sites is 1. The average Bonchev–Trinajstić information content (AvgIpc) is 2.94. The summed E-state index contributed by atoms with van der Waals surface area (Å²) in [5.41, 5.74) is 3.21. The highest BCUT2D eigenvalue weighted by molar-refractivity contribution is 5.75. The predicted molar refractivity (Wildman–Crippen MR) is 99.7 cm³/mol. The molecule has 1 fully saturated rings. The van der Waals surface area contributed by atoms with Gasteiger partial charge in [-0.2, -0.15) is 5.10 Å². The van der Waals surface area contributed by atoms with Gasteiger partial charge in [-0.25, -0.2) is 4.79 Å². The lowest BCUT2D eigenvalue weighted by Gasteiger charge is -2.35. The normalized spacial score (nSPS) is 18.7. The molecular formula is C19H27N5O. The van der Waals surface area contributed by atoms with Crippen LogP contribution < -0.4 is 15.5 Å². The molecule has 3 rings (SSSR count). The van der Waals surface area contributed by atoms with Crippen molar-refractivity contribution in [1.82, 2.24) is 20.4 Å². The topological polar surface area (TPSA) is 62.2 Å². The van der Waals surface area contributed by atoms with E-state index in [0.717, 1.165) is 37.2 Å². The lowest BCUT2D eigenvalue weighted by Crippen LogP contribution is -2.51. The molecule has 2 N–H and O–H groups in total. The molecule has 1 saturated heterocycles. The predicted octanol–water partition coefficient (Wildman–Crippen LogP) is 2.76. The molecule has 1 aromatic carbocycles. The molecule has 0 radical (unpaired) electrons. The fraction of sp³-hybridized carbons (Fsp3) is 0.474. The Morgan fingerprint density at radius 2 is 2.08 bits per heavy atom. The van der Waals surface area contributed by atoms with E-state index in [1.54, 1.807) is 4.68 Å². The van der Waals surface area contributed by atoms with Gasteiger partial charge in [0.1, 0.15) is 0 Å². The van der Waals surface area contributed by atoms with E-state index < -0.39 is 0 Å². The monoisotopic (exact) mass is 341 g/mol. The molecule has 1 aliphatic heterocycles. The number of nitrogens with zero attached hydrogens (tertiary/aromatic N) is 3. The summed E-state index contributed by atoms with van der Waals surface area (Å²) in [5, 5.41) is 10.5. The molecule has 2 atom stereocenters. The number of aryl methyl sites for hydroxylation is 2. The van der Waals surface area contributed by atoms with E-state index in [9.17, 15) is 4.79 Å². The summed E-state index contributed by atoms with van der Waals surface area (Å²) in [6, 6.07) is 10.4. The maximum Gasteiger partial charge on any atom is 0.315 e. The van der Waals surface area contributed by atoms with Crippen LogP contribution in [0.2, 0.25) is 0 Å². The van der Waals surface area contributed by atoms with Crippen molar-refractivity contribution in [3.8, 4) is 0 Å². The molecule has 1 aromatic heterocycles. The third-order valence-electron chi connectivity index (χ3n) is 4.74. The van der Waals surface area contributed by atoms with Crippen LogP contribution in [0.15, 0.2) is 36.5 Å². The van der Waals surface area contributed by atoms with Crippen molar-refractivity contribution in [2.45, 2.75) is 38.8 Å². The molecule has 2 heterocycles. The highest BCUT2D eigenvalue weighted by Gasteiger charge is 2.22. The molecule has 25 heavy (non-hydrogen) atoms. The highest BCUT2D eigenvalue weighted by atomic mass is 16.2. The minimum Gasteiger partial charge on any atom is -0.369 e. The summed E-state index contributed by atoms with van der Waals surface area (Å²) in [6.07, 6.45) is 4.05. The Hall–Kier alpha value is -2.50. The largest absolute Gasteiger partial charge is 0.369 e. The summed E-state index contributed by atoms with van der Waals surface area (Å²) >= 11 is 0. The molecule has 0 saturated carbocycles. The van der Waals surface area contributed by atoms with Crippen LogP contribution in [0.3, 0.4) is 0 Å². The van der Waals surface area contributed by atoms with Crippen LogP contribution in [0, 0.1) is 6.92 Å². The van der Waals surface area contributed by atoms with E-state index in [-0.39, 0.29) is 18.1 Å². The van der Waals surface area contributed by atoms with Crippen LogP contribution in [0.5, 0.6) is 0 Å². The number of hydrogen-bond donors (Lipinski definition) is 2. The zero-order valence-electron chi connectivity index (χ0n) is 15.2. The van der Waals surface area contributed by atoms with Crippen molar-refractivity contribution >= 4 is 11.7 Å². The van der Waals surface area contributed by atoms with Crippen molar-refractivity contribution in [3.63, 3.8) is 0 Å². The van der Waals surface area contributed by atoms with E-state index in [4.69, 9.17) is 0 Å². The molecule has 2 amide bonds. The second-order valence-corrected chi connectivity index (χ2v) is 6.80. The van der Waals surface area contributed by atoms with Crippen LogP contribution in [0.4, 0.5) is 10.5 Å². The van der Waals surface area contributed by atoms with Crippen LogP contribution >= 0.6 is 0 Å².